The molecule has 0 aliphatic carbocycles. The Balaban J connectivity index is 1.35. The van der Waals surface area contributed by atoms with E-state index in [1.165, 1.54) is 4.90 Å². The van der Waals surface area contributed by atoms with Crippen LogP contribution < -0.4 is 14.8 Å². The Kier molecular flexibility index (Phi) is 6.64. The van der Waals surface area contributed by atoms with E-state index in [0.29, 0.717) is 13.2 Å². The topological polar surface area (TPSA) is 51.3 Å². The first-order chi connectivity index (χ1) is 12.2. The monoisotopic (exact) mass is 363 g/mol. The number of aliphatic hydroxyl groups excluding tert-OH is 1. The summed E-state index contributed by atoms with van der Waals surface area (Å²) in [5.41, 5.74) is 1.07. The molecule has 6 heteroatoms. The van der Waals surface area contributed by atoms with Gasteiger partial charge < -0.3 is 14.7 Å². The van der Waals surface area contributed by atoms with Crippen molar-refractivity contribution >= 4 is 17.4 Å². The number of halogens is 1. The van der Waals surface area contributed by atoms with Crippen molar-refractivity contribution in [3.63, 3.8) is 0 Å². The number of nitrogens with zero attached hydrogens (tertiary/aromatic N) is 1. The number of H-pyrrole nitrogens is 1. The van der Waals surface area contributed by atoms with E-state index in [1.807, 2.05) is 42.6 Å². The molecule has 1 aliphatic heterocycles. The largest absolute Gasteiger partial charge is 0.385 e. The molecule has 3 N–H and O–H groups in total. The lowest BCUT2D eigenvalue weighted by atomic mass is 10.2. The van der Waals surface area contributed by atoms with Crippen LogP contribution in [0.2, 0.25) is 5.02 Å². The average molecular weight is 364 g/mol. The highest BCUT2D eigenvalue weighted by atomic mass is 35.5. The van der Waals surface area contributed by atoms with E-state index < -0.39 is 6.10 Å². The van der Waals surface area contributed by atoms with Crippen LogP contribution >= 0.6 is 11.6 Å². The number of hydrogen-bond donors (Lipinski definition) is 2. The summed E-state index contributed by atoms with van der Waals surface area (Å²) in [6.45, 7) is 5.63. The van der Waals surface area contributed by atoms with Gasteiger partial charge in [-0.2, -0.15) is 0 Å². The number of nitrogens with one attached hydrogen (secondary N) is 2. The minimum atomic E-state index is -0.433. The van der Waals surface area contributed by atoms with Gasteiger partial charge in [-0.3, -0.25) is 4.90 Å². The average Bonchev–Trinajstić information content (AvgIpc) is 2.65. The van der Waals surface area contributed by atoms with Crippen LogP contribution in [0.15, 0.2) is 48.7 Å². The van der Waals surface area contributed by atoms with E-state index in [9.17, 15) is 5.11 Å². The van der Waals surface area contributed by atoms with Crippen LogP contribution in [0.25, 0.3) is 0 Å². The zero-order chi connectivity index (χ0) is 17.5. The third-order valence-corrected chi connectivity index (χ3v) is 4.77. The zero-order valence-electron chi connectivity index (χ0n) is 14.3. The van der Waals surface area contributed by atoms with E-state index >= 15 is 0 Å². The molecule has 0 amide bonds. The number of pyridine rings is 1. The lowest BCUT2D eigenvalue weighted by molar-refractivity contribution is -0.903. The van der Waals surface area contributed by atoms with Crippen molar-refractivity contribution in [3.8, 4) is 0 Å². The highest BCUT2D eigenvalue weighted by molar-refractivity contribution is 6.30. The Morgan fingerprint density at radius 2 is 1.92 bits per heavy atom. The number of benzene rings is 1. The normalized spacial score (nSPS) is 16.8. The Morgan fingerprint density at radius 3 is 2.60 bits per heavy atom. The van der Waals surface area contributed by atoms with Crippen molar-refractivity contribution in [3.05, 3.63) is 59.2 Å². The van der Waals surface area contributed by atoms with Crippen LogP contribution in [0.1, 0.15) is 5.56 Å². The summed E-state index contributed by atoms with van der Waals surface area (Å²) in [4.78, 5) is 7.06. The van der Waals surface area contributed by atoms with Gasteiger partial charge in [-0.25, -0.2) is 4.98 Å². The second-order valence-corrected chi connectivity index (χ2v) is 6.92. The molecule has 1 aliphatic rings. The second kappa shape index (κ2) is 9.15. The number of aliphatic hydroxyl groups is 1. The SMILES string of the molecule is O[C@@H](COCc1ccc(Cl)cc1)C[NH+]1CCN(c2cccc[nH+]2)CC1. The maximum absolute atomic E-state index is 10.2. The number of aromatic nitrogens is 1. The number of rotatable bonds is 7. The molecule has 0 bridgehead atoms. The Hall–Kier alpha value is -1.66. The Bertz CT molecular complexity index is 631. The molecule has 1 aromatic heterocycles. The van der Waals surface area contributed by atoms with Crippen LogP contribution in [0.3, 0.4) is 0 Å². The predicted octanol–water partition coefficient (Wildman–Crippen LogP) is 0.437. The van der Waals surface area contributed by atoms with E-state index in [1.54, 1.807) is 0 Å². The maximum Gasteiger partial charge on any atom is 0.274 e. The summed E-state index contributed by atoms with van der Waals surface area (Å²) in [6, 6.07) is 13.7. The molecule has 0 radical (unpaired) electrons. The summed E-state index contributed by atoms with van der Waals surface area (Å²) >= 11 is 5.87. The van der Waals surface area contributed by atoms with Crippen LogP contribution in [0.4, 0.5) is 5.82 Å². The fraction of sp³-hybridized carbons (Fsp3) is 0.421. The zero-order valence-corrected chi connectivity index (χ0v) is 15.1. The smallest absolute Gasteiger partial charge is 0.274 e. The summed E-state index contributed by atoms with van der Waals surface area (Å²) in [6.07, 6.45) is 1.52. The molecule has 2 heterocycles. The van der Waals surface area contributed by atoms with Gasteiger partial charge in [-0.15, -0.1) is 0 Å². The van der Waals surface area contributed by atoms with Crippen LogP contribution in [0.5, 0.6) is 0 Å². The molecule has 1 aromatic carbocycles. The fourth-order valence-corrected chi connectivity index (χ4v) is 3.26. The van der Waals surface area contributed by atoms with Gasteiger partial charge in [0.1, 0.15) is 38.8 Å². The van der Waals surface area contributed by atoms with Crippen LogP contribution in [0, 0.1) is 0 Å². The number of hydrogen-bond acceptors (Lipinski definition) is 3. The number of ether oxygens (including phenoxy) is 1. The van der Waals surface area contributed by atoms with Gasteiger partial charge in [-0.1, -0.05) is 29.8 Å². The predicted molar refractivity (Wildman–Crippen MR) is 97.9 cm³/mol. The third kappa shape index (κ3) is 5.68. The first kappa shape index (κ1) is 18.1. The molecular formula is C19H26ClN3O2+2. The van der Waals surface area contributed by atoms with Gasteiger partial charge in [0.25, 0.3) is 5.82 Å². The maximum atomic E-state index is 10.2. The molecule has 0 unspecified atom stereocenters. The van der Waals surface area contributed by atoms with Crippen molar-refractivity contribution in [1.82, 2.24) is 0 Å². The van der Waals surface area contributed by atoms with Gasteiger partial charge in [0.15, 0.2) is 0 Å². The van der Waals surface area contributed by atoms with Crippen molar-refractivity contribution < 1.29 is 19.7 Å². The van der Waals surface area contributed by atoms with Crippen molar-refractivity contribution in [2.75, 3.05) is 44.2 Å². The summed E-state index contributed by atoms with van der Waals surface area (Å²) in [7, 11) is 0. The molecule has 0 saturated carbocycles. The molecule has 134 valence electrons. The number of aromatic amines is 1. The van der Waals surface area contributed by atoms with E-state index in [4.69, 9.17) is 16.3 Å². The lowest BCUT2D eigenvalue weighted by Crippen LogP contribution is -3.16. The summed E-state index contributed by atoms with van der Waals surface area (Å²) < 4.78 is 5.63. The van der Waals surface area contributed by atoms with E-state index in [-0.39, 0.29) is 0 Å². The lowest BCUT2D eigenvalue weighted by Gasteiger charge is -2.29. The summed E-state index contributed by atoms with van der Waals surface area (Å²) in [5, 5.41) is 10.9. The minimum Gasteiger partial charge on any atom is -0.385 e. The Labute approximate surface area is 153 Å². The summed E-state index contributed by atoms with van der Waals surface area (Å²) in [5.74, 6) is 1.16. The second-order valence-electron chi connectivity index (χ2n) is 6.48. The van der Waals surface area contributed by atoms with Gasteiger partial charge in [-0.05, 0) is 23.8 Å². The highest BCUT2D eigenvalue weighted by Crippen LogP contribution is 2.10. The molecule has 0 spiro atoms. The van der Waals surface area contributed by atoms with E-state index in [2.05, 4.69) is 16.0 Å². The van der Waals surface area contributed by atoms with Crippen molar-refractivity contribution in [2.24, 2.45) is 0 Å². The molecule has 1 atom stereocenters. The van der Waals surface area contributed by atoms with Gasteiger partial charge >= 0.3 is 0 Å². The molecule has 3 rings (SSSR count). The Morgan fingerprint density at radius 1 is 1.16 bits per heavy atom. The minimum absolute atomic E-state index is 0.363. The molecular weight excluding hydrogens is 338 g/mol. The quantitative estimate of drug-likeness (QED) is 0.750. The van der Waals surface area contributed by atoms with Gasteiger partial charge in [0.2, 0.25) is 0 Å². The van der Waals surface area contributed by atoms with Crippen molar-refractivity contribution in [2.45, 2.75) is 12.7 Å². The molecule has 5 nitrogen and oxygen atoms in total. The van der Waals surface area contributed by atoms with Crippen LogP contribution in [-0.2, 0) is 11.3 Å². The molecule has 1 fully saturated rings. The molecule has 1 saturated heterocycles. The number of anilines is 1. The standard InChI is InChI=1S/C19H24ClN3O2/c20-17-6-4-16(5-7-17)14-25-15-18(24)13-22-9-11-23(12-10-22)19-3-1-2-8-21-19/h1-8,18,24H,9-15H2/p+2/t18-/m1/s1. The highest BCUT2D eigenvalue weighted by Gasteiger charge is 2.27. The van der Waals surface area contributed by atoms with Gasteiger partial charge in [0, 0.05) is 11.1 Å². The molecule has 25 heavy (non-hydrogen) atoms. The van der Waals surface area contributed by atoms with E-state index in [0.717, 1.165) is 49.1 Å². The number of piperazine rings is 1. The molecule has 2 aromatic rings. The van der Waals surface area contributed by atoms with Gasteiger partial charge in [0.05, 0.1) is 19.4 Å². The first-order valence-electron chi connectivity index (χ1n) is 8.76. The first-order valence-corrected chi connectivity index (χ1v) is 9.14. The van der Waals surface area contributed by atoms with Crippen LogP contribution in [-0.4, -0.2) is 50.5 Å². The third-order valence-electron chi connectivity index (χ3n) is 4.52. The fourth-order valence-electron chi connectivity index (χ4n) is 3.13. The number of quaternary nitrogens is 1. The van der Waals surface area contributed by atoms with Crippen molar-refractivity contribution in [1.29, 1.82) is 0 Å².